The van der Waals surface area contributed by atoms with Crippen molar-refractivity contribution < 1.29 is 9.53 Å². The van der Waals surface area contributed by atoms with Crippen molar-refractivity contribution in [2.45, 2.75) is 44.9 Å². The van der Waals surface area contributed by atoms with E-state index in [-0.39, 0.29) is 23.1 Å². The van der Waals surface area contributed by atoms with Crippen LogP contribution in [0.5, 0.6) is 0 Å². The summed E-state index contributed by atoms with van der Waals surface area (Å²) in [6.07, 6.45) is 6.62. The van der Waals surface area contributed by atoms with Crippen LogP contribution in [-0.2, 0) is 11.3 Å². The Hall–Kier alpha value is -2.99. The van der Waals surface area contributed by atoms with E-state index in [0.717, 1.165) is 18.4 Å². The molecule has 2 aromatic heterocycles. The van der Waals surface area contributed by atoms with Crippen molar-refractivity contribution in [1.29, 1.82) is 0 Å². The number of nitrogens with zero attached hydrogens (tertiary/aromatic N) is 2. The lowest BCUT2D eigenvalue weighted by atomic mass is 9.93. The molecule has 6 nitrogen and oxygen atoms in total. The number of benzene rings is 1. The largest absolute Gasteiger partial charge is 0.375 e. The maximum absolute atomic E-state index is 13.2. The Kier molecular flexibility index (Phi) is 5.20. The van der Waals surface area contributed by atoms with Gasteiger partial charge in [-0.05, 0) is 44.4 Å². The first-order valence-electron chi connectivity index (χ1n) is 9.89. The molecule has 29 heavy (non-hydrogen) atoms. The van der Waals surface area contributed by atoms with Crippen LogP contribution in [0.15, 0.2) is 59.8 Å². The summed E-state index contributed by atoms with van der Waals surface area (Å²) < 4.78 is 7.34. The predicted molar refractivity (Wildman–Crippen MR) is 112 cm³/mol. The van der Waals surface area contributed by atoms with E-state index in [1.54, 1.807) is 29.2 Å². The fourth-order valence-corrected chi connectivity index (χ4v) is 3.95. The summed E-state index contributed by atoms with van der Waals surface area (Å²) in [7, 11) is 0. The molecule has 4 rings (SSSR count). The van der Waals surface area contributed by atoms with Gasteiger partial charge in [0.15, 0.2) is 0 Å². The van der Waals surface area contributed by atoms with Gasteiger partial charge in [-0.15, -0.1) is 0 Å². The number of carbonyl (C=O) groups is 1. The molecule has 1 aromatic carbocycles. The molecule has 1 amide bonds. The number of carbonyl (C=O) groups excluding carboxylic acids is 1. The van der Waals surface area contributed by atoms with Gasteiger partial charge >= 0.3 is 0 Å². The minimum absolute atomic E-state index is 0.0451. The van der Waals surface area contributed by atoms with E-state index in [9.17, 15) is 9.59 Å². The molecule has 6 heteroatoms. The van der Waals surface area contributed by atoms with Crippen molar-refractivity contribution in [3.8, 4) is 0 Å². The summed E-state index contributed by atoms with van der Waals surface area (Å²) in [6, 6.07) is 11.1. The van der Waals surface area contributed by atoms with Crippen LogP contribution in [0.4, 0.5) is 0 Å². The minimum atomic E-state index is -0.253. The van der Waals surface area contributed by atoms with E-state index in [4.69, 9.17) is 4.74 Å². The smallest absolute Gasteiger partial charge is 0.258 e. The van der Waals surface area contributed by atoms with Gasteiger partial charge in [0.2, 0.25) is 0 Å². The fourth-order valence-electron chi connectivity index (χ4n) is 3.95. The maximum Gasteiger partial charge on any atom is 0.258 e. The SMILES string of the molecule is CC1(C)C[C@@H](NC(=O)c2cn(Cc3cccnc3)c(=O)c3ccccc23)CCO1. The predicted octanol–water partition coefficient (Wildman–Crippen LogP) is 3.13. The van der Waals surface area contributed by atoms with E-state index in [1.165, 1.54) is 0 Å². The zero-order valence-corrected chi connectivity index (χ0v) is 16.7. The summed E-state index contributed by atoms with van der Waals surface area (Å²) in [4.78, 5) is 30.3. The van der Waals surface area contributed by atoms with Crippen molar-refractivity contribution in [3.05, 3.63) is 76.5 Å². The van der Waals surface area contributed by atoms with Crippen molar-refractivity contribution in [1.82, 2.24) is 14.9 Å². The first-order chi connectivity index (χ1) is 13.9. The molecule has 1 saturated heterocycles. The normalized spacial score (nSPS) is 18.5. The van der Waals surface area contributed by atoms with Crippen molar-refractivity contribution >= 4 is 16.7 Å². The van der Waals surface area contributed by atoms with Gasteiger partial charge in [0.25, 0.3) is 11.5 Å². The van der Waals surface area contributed by atoms with Crippen LogP contribution in [0.2, 0.25) is 0 Å². The lowest BCUT2D eigenvalue weighted by Crippen LogP contribution is -2.46. The van der Waals surface area contributed by atoms with E-state index in [1.807, 2.05) is 44.2 Å². The topological polar surface area (TPSA) is 73.2 Å². The van der Waals surface area contributed by atoms with Crippen LogP contribution in [0.3, 0.4) is 0 Å². The Balaban J connectivity index is 1.70. The molecule has 0 radical (unpaired) electrons. The second kappa shape index (κ2) is 7.79. The average Bonchev–Trinajstić information content (AvgIpc) is 2.70. The molecule has 150 valence electrons. The number of hydrogen-bond donors (Lipinski definition) is 1. The van der Waals surface area contributed by atoms with Crippen LogP contribution in [0, 0.1) is 0 Å². The highest BCUT2D eigenvalue weighted by Gasteiger charge is 2.30. The van der Waals surface area contributed by atoms with Gasteiger partial charge in [0.05, 0.1) is 17.7 Å². The minimum Gasteiger partial charge on any atom is -0.375 e. The summed E-state index contributed by atoms with van der Waals surface area (Å²) in [5.74, 6) is -0.163. The number of rotatable bonds is 4. The van der Waals surface area contributed by atoms with Gasteiger partial charge in [-0.3, -0.25) is 14.6 Å². The maximum atomic E-state index is 13.2. The quantitative estimate of drug-likeness (QED) is 0.742. The van der Waals surface area contributed by atoms with Gasteiger partial charge in [0.1, 0.15) is 0 Å². The lowest BCUT2D eigenvalue weighted by molar-refractivity contribution is -0.0615. The molecular formula is C23H25N3O3. The number of pyridine rings is 2. The lowest BCUT2D eigenvalue weighted by Gasteiger charge is -2.35. The summed E-state index contributed by atoms with van der Waals surface area (Å²) in [6.45, 7) is 5.06. The Morgan fingerprint density at radius 1 is 1.24 bits per heavy atom. The van der Waals surface area contributed by atoms with Gasteiger partial charge < -0.3 is 14.6 Å². The van der Waals surface area contributed by atoms with Gasteiger partial charge in [0, 0.05) is 42.0 Å². The summed E-state index contributed by atoms with van der Waals surface area (Å²) >= 11 is 0. The van der Waals surface area contributed by atoms with Crippen molar-refractivity contribution in [2.24, 2.45) is 0 Å². The van der Waals surface area contributed by atoms with Crippen LogP contribution in [0.25, 0.3) is 10.8 Å². The third-order valence-electron chi connectivity index (χ3n) is 5.35. The number of ether oxygens (including phenoxy) is 1. The number of aromatic nitrogens is 2. The van der Waals surface area contributed by atoms with E-state index in [0.29, 0.717) is 29.5 Å². The standard InChI is InChI=1S/C23H25N3O3/c1-23(2)12-17(9-11-29-23)25-21(27)20-15-26(14-16-6-5-10-24-13-16)22(28)19-8-4-3-7-18(19)20/h3-8,10,13,15,17H,9,11-12,14H2,1-2H3,(H,25,27)/t17-/m0/s1. The fraction of sp³-hybridized carbons (Fsp3) is 0.348. The van der Waals surface area contributed by atoms with E-state index >= 15 is 0 Å². The molecule has 1 atom stereocenters. The molecule has 0 bridgehead atoms. The molecule has 1 aliphatic heterocycles. The van der Waals surface area contributed by atoms with Gasteiger partial charge in [-0.2, -0.15) is 0 Å². The Bertz CT molecular complexity index is 1090. The number of hydrogen-bond acceptors (Lipinski definition) is 4. The van der Waals surface area contributed by atoms with Gasteiger partial charge in [-0.1, -0.05) is 24.3 Å². The summed E-state index contributed by atoms with van der Waals surface area (Å²) in [5.41, 5.74) is 1.04. The highest BCUT2D eigenvalue weighted by Crippen LogP contribution is 2.24. The molecular weight excluding hydrogens is 366 g/mol. The molecule has 1 N–H and O–H groups in total. The second-order valence-corrected chi connectivity index (χ2v) is 8.15. The first kappa shape index (κ1) is 19.3. The number of amides is 1. The molecule has 3 heterocycles. The highest BCUT2D eigenvalue weighted by atomic mass is 16.5. The molecule has 0 unspecified atom stereocenters. The number of fused-ring (bicyclic) bond motifs is 1. The highest BCUT2D eigenvalue weighted by molar-refractivity contribution is 6.06. The molecule has 3 aromatic rings. The Morgan fingerprint density at radius 3 is 2.76 bits per heavy atom. The van der Waals surface area contributed by atoms with E-state index < -0.39 is 0 Å². The second-order valence-electron chi connectivity index (χ2n) is 8.15. The van der Waals surface area contributed by atoms with Crippen molar-refractivity contribution in [3.63, 3.8) is 0 Å². The monoisotopic (exact) mass is 391 g/mol. The first-order valence-corrected chi connectivity index (χ1v) is 9.89. The third kappa shape index (κ3) is 4.22. The number of nitrogens with one attached hydrogen (secondary N) is 1. The van der Waals surface area contributed by atoms with Crippen LogP contribution in [-0.4, -0.2) is 33.7 Å². The summed E-state index contributed by atoms with van der Waals surface area (Å²) in [5, 5.41) is 4.36. The average molecular weight is 391 g/mol. The molecule has 1 fully saturated rings. The third-order valence-corrected chi connectivity index (χ3v) is 5.35. The molecule has 1 aliphatic rings. The molecule has 0 aliphatic carbocycles. The van der Waals surface area contributed by atoms with Crippen molar-refractivity contribution in [2.75, 3.05) is 6.61 Å². The Morgan fingerprint density at radius 2 is 2.03 bits per heavy atom. The van der Waals surface area contributed by atoms with Crippen LogP contribution in [0.1, 0.15) is 42.6 Å². The van der Waals surface area contributed by atoms with Crippen LogP contribution < -0.4 is 10.9 Å². The zero-order chi connectivity index (χ0) is 20.4. The Labute approximate surface area is 169 Å². The zero-order valence-electron chi connectivity index (χ0n) is 16.7. The van der Waals surface area contributed by atoms with Gasteiger partial charge in [-0.25, -0.2) is 0 Å². The molecule has 0 saturated carbocycles. The van der Waals surface area contributed by atoms with Crippen LogP contribution >= 0.6 is 0 Å². The van der Waals surface area contributed by atoms with E-state index in [2.05, 4.69) is 10.3 Å². The molecule has 0 spiro atoms.